The minimum Gasteiger partial charge on any atom is -0.493 e. The smallest absolute Gasteiger partial charge is 0.416 e. The molecule has 196 valence electrons. The Labute approximate surface area is 211 Å². The Kier molecular flexibility index (Phi) is 7.67. The summed E-state index contributed by atoms with van der Waals surface area (Å²) in [5, 5.41) is 0. The summed E-state index contributed by atoms with van der Waals surface area (Å²) in [6, 6.07) is 9.28. The van der Waals surface area contributed by atoms with Gasteiger partial charge in [0.2, 0.25) is 0 Å². The second kappa shape index (κ2) is 10.4. The molecule has 8 heteroatoms. The maximum absolute atomic E-state index is 13.0. The summed E-state index contributed by atoms with van der Waals surface area (Å²) in [7, 11) is 4.11. The Balaban J connectivity index is 1.39. The molecular formula is C28H36F3N3O2. The molecule has 0 unspecified atom stereocenters. The first-order valence-electron chi connectivity index (χ1n) is 12.6. The highest BCUT2D eigenvalue weighted by Gasteiger charge is 2.47. The summed E-state index contributed by atoms with van der Waals surface area (Å²) < 4.78 is 44.6. The Bertz CT molecular complexity index is 1080. The molecular weight excluding hydrogens is 467 g/mol. The van der Waals surface area contributed by atoms with Crippen molar-refractivity contribution >= 4 is 5.91 Å². The van der Waals surface area contributed by atoms with Crippen LogP contribution in [0.15, 0.2) is 36.4 Å². The normalized spacial score (nSPS) is 20.9. The summed E-state index contributed by atoms with van der Waals surface area (Å²) >= 11 is 0. The van der Waals surface area contributed by atoms with Crippen LogP contribution in [-0.4, -0.2) is 73.0 Å². The van der Waals surface area contributed by atoms with Crippen molar-refractivity contribution in [1.82, 2.24) is 14.7 Å². The first-order valence-corrected chi connectivity index (χ1v) is 12.6. The number of benzene rings is 2. The van der Waals surface area contributed by atoms with Crippen LogP contribution in [-0.2, 0) is 6.18 Å². The van der Waals surface area contributed by atoms with E-state index in [2.05, 4.69) is 56.8 Å². The Morgan fingerprint density at radius 3 is 2.33 bits per heavy atom. The van der Waals surface area contributed by atoms with E-state index in [0.717, 1.165) is 49.4 Å². The van der Waals surface area contributed by atoms with Gasteiger partial charge in [0.1, 0.15) is 5.75 Å². The van der Waals surface area contributed by atoms with Crippen molar-refractivity contribution in [3.63, 3.8) is 0 Å². The third kappa shape index (κ3) is 5.39. The molecule has 2 aliphatic heterocycles. The van der Waals surface area contributed by atoms with Crippen LogP contribution in [0.3, 0.4) is 0 Å². The van der Waals surface area contributed by atoms with Gasteiger partial charge in [-0.1, -0.05) is 6.07 Å². The molecule has 2 aromatic rings. The lowest BCUT2D eigenvalue weighted by atomic mass is 9.96. The summed E-state index contributed by atoms with van der Waals surface area (Å²) in [4.78, 5) is 19.5. The zero-order chi connectivity index (χ0) is 26.2. The molecule has 0 aromatic heterocycles. The van der Waals surface area contributed by atoms with Crippen LogP contribution in [0.25, 0.3) is 0 Å². The average molecular weight is 504 g/mol. The van der Waals surface area contributed by atoms with Crippen LogP contribution >= 0.6 is 0 Å². The second-order valence-corrected chi connectivity index (χ2v) is 10.4. The molecule has 3 atom stereocenters. The topological polar surface area (TPSA) is 36.0 Å². The van der Waals surface area contributed by atoms with Gasteiger partial charge >= 0.3 is 6.18 Å². The molecule has 2 saturated heterocycles. The van der Waals surface area contributed by atoms with Gasteiger partial charge < -0.3 is 14.5 Å². The SMILES string of the molecule is Cc1c(OCCCN(C)C)ccc([C@@H](C)N2C[C@@H]3C[C@H]2CN3C(=O)c2ccc(C(F)(F)F)cc2)c1C. The van der Waals surface area contributed by atoms with E-state index in [1.165, 1.54) is 23.3 Å². The van der Waals surface area contributed by atoms with Gasteiger partial charge in [0.05, 0.1) is 12.2 Å². The lowest BCUT2D eigenvalue weighted by molar-refractivity contribution is -0.137. The lowest BCUT2D eigenvalue weighted by Crippen LogP contribution is -2.49. The fraction of sp³-hybridized carbons (Fsp3) is 0.536. The lowest BCUT2D eigenvalue weighted by Gasteiger charge is -2.38. The van der Waals surface area contributed by atoms with Crippen LogP contribution in [0.4, 0.5) is 13.2 Å². The van der Waals surface area contributed by atoms with Gasteiger partial charge in [-0.15, -0.1) is 0 Å². The van der Waals surface area contributed by atoms with Crippen LogP contribution in [0.5, 0.6) is 5.75 Å². The highest BCUT2D eigenvalue weighted by atomic mass is 19.4. The van der Waals surface area contributed by atoms with E-state index in [-0.39, 0.29) is 24.0 Å². The quantitative estimate of drug-likeness (QED) is 0.458. The molecule has 1 amide bonds. The standard InChI is InChI=1S/C28H36F3N3O2/c1-18-19(2)26(36-14-6-13-32(4)5)12-11-25(18)20(3)33-16-24-15-23(33)17-34(24)27(35)21-7-9-22(10-8-21)28(29,30)31/h7-12,20,23-24H,6,13-17H2,1-5H3/t20-,23+,24+/m1/s1. The molecule has 0 saturated carbocycles. The predicted octanol–water partition coefficient (Wildman–Crippen LogP) is 5.31. The van der Waals surface area contributed by atoms with Gasteiger partial charge in [-0.2, -0.15) is 13.2 Å². The first-order chi connectivity index (χ1) is 17.0. The zero-order valence-corrected chi connectivity index (χ0v) is 21.7. The zero-order valence-electron chi connectivity index (χ0n) is 21.7. The largest absolute Gasteiger partial charge is 0.493 e. The van der Waals surface area contributed by atoms with Crippen LogP contribution in [0.2, 0.25) is 0 Å². The molecule has 2 heterocycles. The molecule has 0 N–H and O–H groups in total. The van der Waals surface area contributed by atoms with Crippen molar-refractivity contribution in [2.75, 3.05) is 40.3 Å². The molecule has 5 nitrogen and oxygen atoms in total. The fourth-order valence-corrected chi connectivity index (χ4v) is 5.56. The number of fused-ring (bicyclic) bond motifs is 2. The van der Waals surface area contributed by atoms with Crippen molar-refractivity contribution in [2.24, 2.45) is 0 Å². The summed E-state index contributed by atoms with van der Waals surface area (Å²) in [5.74, 6) is 0.741. The second-order valence-electron chi connectivity index (χ2n) is 10.4. The van der Waals surface area contributed by atoms with E-state index in [0.29, 0.717) is 18.7 Å². The molecule has 0 radical (unpaired) electrons. The molecule has 4 rings (SSSR count). The maximum Gasteiger partial charge on any atom is 0.416 e. The Morgan fingerprint density at radius 1 is 1.06 bits per heavy atom. The van der Waals surface area contributed by atoms with Crippen LogP contribution < -0.4 is 4.74 Å². The van der Waals surface area contributed by atoms with Crippen LogP contribution in [0.1, 0.15) is 58.4 Å². The van der Waals surface area contributed by atoms with E-state index >= 15 is 0 Å². The number of alkyl halides is 3. The Hall–Kier alpha value is -2.58. The number of hydrogen-bond donors (Lipinski definition) is 0. The maximum atomic E-state index is 13.0. The third-order valence-electron chi connectivity index (χ3n) is 7.74. The van der Waals surface area contributed by atoms with Gasteiger partial charge in [0, 0.05) is 43.3 Å². The van der Waals surface area contributed by atoms with E-state index < -0.39 is 11.7 Å². The van der Waals surface area contributed by atoms with E-state index in [1.54, 1.807) is 0 Å². The number of hydrogen-bond acceptors (Lipinski definition) is 4. The van der Waals surface area contributed by atoms with Gasteiger partial charge in [-0.3, -0.25) is 9.69 Å². The molecule has 0 spiro atoms. The molecule has 2 fully saturated rings. The molecule has 36 heavy (non-hydrogen) atoms. The van der Waals surface area contributed by atoms with Crippen molar-refractivity contribution in [3.05, 3.63) is 64.2 Å². The number of piperazine rings is 1. The van der Waals surface area contributed by atoms with Crippen molar-refractivity contribution in [1.29, 1.82) is 0 Å². The van der Waals surface area contributed by atoms with Crippen LogP contribution in [0, 0.1) is 13.8 Å². The third-order valence-corrected chi connectivity index (χ3v) is 7.74. The number of nitrogens with zero attached hydrogens (tertiary/aromatic N) is 3. The minimum atomic E-state index is -4.40. The molecule has 2 aromatic carbocycles. The number of carbonyl (C=O) groups is 1. The number of amides is 1. The van der Waals surface area contributed by atoms with Gasteiger partial charge in [0.25, 0.3) is 5.91 Å². The molecule has 2 aliphatic rings. The number of carbonyl (C=O) groups excluding carboxylic acids is 1. The summed E-state index contributed by atoms with van der Waals surface area (Å²) in [5.41, 5.74) is 3.22. The fourth-order valence-electron chi connectivity index (χ4n) is 5.56. The summed E-state index contributed by atoms with van der Waals surface area (Å²) in [6.45, 7) is 9.49. The van der Waals surface area contributed by atoms with E-state index in [4.69, 9.17) is 4.74 Å². The number of rotatable bonds is 8. The monoisotopic (exact) mass is 503 g/mol. The number of halogens is 3. The molecule has 2 bridgehead atoms. The van der Waals surface area contributed by atoms with E-state index in [9.17, 15) is 18.0 Å². The van der Waals surface area contributed by atoms with E-state index in [1.807, 2.05) is 4.90 Å². The predicted molar refractivity (Wildman–Crippen MR) is 134 cm³/mol. The van der Waals surface area contributed by atoms with Gasteiger partial charge in [0.15, 0.2) is 0 Å². The number of likely N-dealkylation sites (tertiary alicyclic amines) is 2. The first kappa shape index (κ1) is 26.5. The average Bonchev–Trinajstić information content (AvgIpc) is 3.44. The Morgan fingerprint density at radius 2 is 1.75 bits per heavy atom. The van der Waals surface area contributed by atoms with Crippen molar-refractivity contribution < 1.29 is 22.7 Å². The van der Waals surface area contributed by atoms with Gasteiger partial charge in [-0.25, -0.2) is 0 Å². The van der Waals surface area contributed by atoms with Crippen molar-refractivity contribution in [3.8, 4) is 5.75 Å². The highest BCUT2D eigenvalue weighted by Crippen LogP contribution is 2.39. The number of ether oxygens (including phenoxy) is 1. The molecule has 0 aliphatic carbocycles. The minimum absolute atomic E-state index is 0.0768. The van der Waals surface area contributed by atoms with Gasteiger partial charge in [-0.05, 0) is 94.7 Å². The highest BCUT2D eigenvalue weighted by molar-refractivity contribution is 5.94. The van der Waals surface area contributed by atoms with Crippen molar-refractivity contribution in [2.45, 2.75) is 57.9 Å². The summed E-state index contributed by atoms with van der Waals surface area (Å²) in [6.07, 6.45) is -2.54.